The van der Waals surface area contributed by atoms with Crippen LogP contribution in [-0.4, -0.2) is 42.6 Å². The molecule has 0 radical (unpaired) electrons. The van der Waals surface area contributed by atoms with Crippen LogP contribution in [0.25, 0.3) is 0 Å². The van der Waals surface area contributed by atoms with Crippen LogP contribution in [0.3, 0.4) is 0 Å². The van der Waals surface area contributed by atoms with Gasteiger partial charge in [0.1, 0.15) is 0 Å². The van der Waals surface area contributed by atoms with Crippen molar-refractivity contribution in [2.24, 2.45) is 0 Å². The smallest absolute Gasteiger partial charge is 0.289 e. The molecule has 0 spiro atoms. The van der Waals surface area contributed by atoms with E-state index in [4.69, 9.17) is 0 Å². The molecule has 0 heterocycles. The second-order valence-corrected chi connectivity index (χ2v) is 7.62. The van der Waals surface area contributed by atoms with Gasteiger partial charge in [-0.2, -0.15) is 0 Å². The van der Waals surface area contributed by atoms with Gasteiger partial charge in [0.15, 0.2) is 4.90 Å². The lowest BCUT2D eigenvalue weighted by Crippen LogP contribution is -2.28. The van der Waals surface area contributed by atoms with Gasteiger partial charge in [0.25, 0.3) is 5.69 Å². The van der Waals surface area contributed by atoms with Crippen molar-refractivity contribution < 1.29 is 17.6 Å². The van der Waals surface area contributed by atoms with Crippen molar-refractivity contribution in [3.63, 3.8) is 0 Å². The van der Waals surface area contributed by atoms with Gasteiger partial charge in [0, 0.05) is 47.7 Å². The average Bonchev–Trinajstić information content (AvgIpc) is 2.45. The van der Waals surface area contributed by atoms with Crippen LogP contribution in [0.15, 0.2) is 23.1 Å². The van der Waals surface area contributed by atoms with Gasteiger partial charge in [-0.15, -0.1) is 0 Å². The van der Waals surface area contributed by atoms with Gasteiger partial charge in [-0.1, -0.05) is 6.92 Å². The zero-order chi connectivity index (χ0) is 16.0. The summed E-state index contributed by atoms with van der Waals surface area (Å²) in [5.74, 6) is 0.590. The Kier molecular flexibility index (Phi) is 6.24. The van der Waals surface area contributed by atoms with E-state index in [9.17, 15) is 22.7 Å². The van der Waals surface area contributed by atoms with Crippen molar-refractivity contribution in [3.05, 3.63) is 28.3 Å². The van der Waals surface area contributed by atoms with Crippen molar-refractivity contribution in [2.75, 3.05) is 30.4 Å². The third kappa shape index (κ3) is 4.76. The predicted molar refractivity (Wildman–Crippen MR) is 81.4 cm³/mol. The van der Waals surface area contributed by atoms with Gasteiger partial charge in [-0.05, 0) is 12.1 Å². The molecule has 0 saturated carbocycles. The van der Waals surface area contributed by atoms with E-state index < -0.39 is 36.3 Å². The van der Waals surface area contributed by atoms with Crippen molar-refractivity contribution >= 4 is 32.2 Å². The second kappa shape index (κ2) is 7.48. The molecule has 10 heteroatoms. The lowest BCUT2D eigenvalue weighted by Gasteiger charge is -2.09. The van der Waals surface area contributed by atoms with Crippen LogP contribution in [0.4, 0.5) is 11.4 Å². The summed E-state index contributed by atoms with van der Waals surface area (Å²) in [7, 11) is -3.57. The third-order valence-corrected chi connectivity index (χ3v) is 5.47. The highest BCUT2D eigenvalue weighted by Crippen LogP contribution is 2.26. The maximum Gasteiger partial charge on any atom is 0.289 e. The molecule has 8 nitrogen and oxygen atoms in total. The highest BCUT2D eigenvalue weighted by molar-refractivity contribution is 7.89. The van der Waals surface area contributed by atoms with E-state index in [1.165, 1.54) is 12.1 Å². The van der Waals surface area contributed by atoms with Crippen molar-refractivity contribution in [1.82, 2.24) is 4.72 Å². The van der Waals surface area contributed by atoms with E-state index >= 15 is 0 Å². The number of benzene rings is 1. The first kappa shape index (κ1) is 17.5. The van der Waals surface area contributed by atoms with Crippen LogP contribution < -0.4 is 10.0 Å². The molecule has 0 bridgehead atoms. The number of nitrogens with zero attached hydrogens (tertiary/aromatic N) is 1. The van der Waals surface area contributed by atoms with Crippen LogP contribution in [0.2, 0.25) is 0 Å². The molecule has 0 aromatic heterocycles. The molecule has 0 amide bonds. The van der Waals surface area contributed by atoms with Crippen molar-refractivity contribution in [3.8, 4) is 0 Å². The van der Waals surface area contributed by atoms with Crippen LogP contribution in [0.1, 0.15) is 6.92 Å². The number of nitro groups is 1. The standard InChI is InChI=1S/C11H17N3O5S2/c1-3-20(17)7-6-13-21(18,19)11-8-9(12-2)4-5-10(11)14(15)16/h4-5,8,12-13H,3,6-7H2,1-2H3. The fourth-order valence-electron chi connectivity index (χ4n) is 1.55. The van der Waals surface area contributed by atoms with Crippen LogP contribution in [-0.2, 0) is 20.8 Å². The lowest BCUT2D eigenvalue weighted by atomic mass is 10.3. The largest absolute Gasteiger partial charge is 0.388 e. The summed E-state index contributed by atoms with van der Waals surface area (Å²) in [6.45, 7) is 1.69. The fourth-order valence-corrected chi connectivity index (χ4v) is 3.52. The van der Waals surface area contributed by atoms with Gasteiger partial charge >= 0.3 is 0 Å². The Bertz CT molecular complexity index is 645. The first-order valence-corrected chi connectivity index (χ1v) is 9.09. The quantitative estimate of drug-likeness (QED) is 0.533. The molecule has 0 fully saturated rings. The number of hydrogen-bond donors (Lipinski definition) is 2. The monoisotopic (exact) mass is 335 g/mol. The summed E-state index contributed by atoms with van der Waals surface area (Å²) >= 11 is 0. The number of anilines is 1. The molecule has 2 N–H and O–H groups in total. The number of sulfonamides is 1. The molecular weight excluding hydrogens is 318 g/mol. The van der Waals surface area contributed by atoms with Gasteiger partial charge in [-0.25, -0.2) is 13.1 Å². The summed E-state index contributed by atoms with van der Waals surface area (Å²) in [6, 6.07) is 3.74. The maximum atomic E-state index is 12.2. The van der Waals surface area contributed by atoms with E-state index in [2.05, 4.69) is 10.0 Å². The molecule has 1 rings (SSSR count). The molecule has 0 aliphatic carbocycles. The van der Waals surface area contributed by atoms with E-state index in [-0.39, 0.29) is 12.3 Å². The molecule has 1 unspecified atom stereocenters. The molecule has 21 heavy (non-hydrogen) atoms. The molecule has 1 aromatic rings. The van der Waals surface area contributed by atoms with Gasteiger partial charge in [0.2, 0.25) is 10.0 Å². The first-order valence-electron chi connectivity index (χ1n) is 6.12. The van der Waals surface area contributed by atoms with E-state index in [1.807, 2.05) is 0 Å². The van der Waals surface area contributed by atoms with E-state index in [0.29, 0.717) is 11.4 Å². The normalized spacial score (nSPS) is 12.9. The Hall–Kier alpha value is -1.52. The number of rotatable bonds is 8. The predicted octanol–water partition coefficient (Wildman–Crippen LogP) is 0.683. The summed E-state index contributed by atoms with van der Waals surface area (Å²) in [5.41, 5.74) is -0.0591. The lowest BCUT2D eigenvalue weighted by molar-refractivity contribution is -0.387. The van der Waals surface area contributed by atoms with E-state index in [0.717, 1.165) is 6.07 Å². The topological polar surface area (TPSA) is 118 Å². The summed E-state index contributed by atoms with van der Waals surface area (Å²) in [5, 5.41) is 13.7. The minimum Gasteiger partial charge on any atom is -0.388 e. The average molecular weight is 335 g/mol. The van der Waals surface area contributed by atoms with Crippen LogP contribution >= 0.6 is 0 Å². The number of nitro benzene ring substituents is 1. The zero-order valence-corrected chi connectivity index (χ0v) is 13.3. The summed E-state index contributed by atoms with van der Waals surface area (Å²) in [6.07, 6.45) is 0. The second-order valence-electron chi connectivity index (χ2n) is 4.02. The van der Waals surface area contributed by atoms with Crippen LogP contribution in [0, 0.1) is 10.1 Å². The van der Waals surface area contributed by atoms with Crippen molar-refractivity contribution in [1.29, 1.82) is 0 Å². The molecule has 0 aliphatic rings. The Morgan fingerprint density at radius 3 is 2.57 bits per heavy atom. The summed E-state index contributed by atoms with van der Waals surface area (Å²) in [4.78, 5) is 9.77. The third-order valence-electron chi connectivity index (χ3n) is 2.68. The Morgan fingerprint density at radius 2 is 2.05 bits per heavy atom. The summed E-state index contributed by atoms with van der Waals surface area (Å²) < 4.78 is 37.8. The highest BCUT2D eigenvalue weighted by Gasteiger charge is 2.25. The first-order chi connectivity index (χ1) is 9.81. The van der Waals surface area contributed by atoms with Crippen molar-refractivity contribution in [2.45, 2.75) is 11.8 Å². The Morgan fingerprint density at radius 1 is 1.38 bits per heavy atom. The van der Waals surface area contributed by atoms with E-state index in [1.54, 1.807) is 14.0 Å². The molecule has 118 valence electrons. The minimum absolute atomic E-state index is 0.0380. The highest BCUT2D eigenvalue weighted by atomic mass is 32.2. The molecule has 1 atom stereocenters. The maximum absolute atomic E-state index is 12.2. The molecule has 1 aromatic carbocycles. The zero-order valence-electron chi connectivity index (χ0n) is 11.7. The molecule has 0 saturated heterocycles. The van der Waals surface area contributed by atoms with Crippen LogP contribution in [0.5, 0.6) is 0 Å². The van der Waals surface area contributed by atoms with Gasteiger partial charge in [0.05, 0.1) is 4.92 Å². The number of hydrogen-bond acceptors (Lipinski definition) is 6. The molecular formula is C11H17N3O5S2. The molecule has 0 aliphatic heterocycles. The Labute approximate surface area is 125 Å². The van der Waals surface area contributed by atoms with Gasteiger partial charge < -0.3 is 5.32 Å². The Balaban J connectivity index is 3.05. The minimum atomic E-state index is -4.04. The SMILES string of the molecule is CCS(=O)CCNS(=O)(=O)c1cc(NC)ccc1[N+](=O)[O-]. The van der Waals surface area contributed by atoms with Gasteiger partial charge in [-0.3, -0.25) is 14.3 Å². The number of nitrogens with one attached hydrogen (secondary N) is 2. The fraction of sp³-hybridized carbons (Fsp3) is 0.455.